The number of hydrogen-bond donors (Lipinski definition) is 2. The van der Waals surface area contributed by atoms with Gasteiger partial charge in [-0.1, -0.05) is 25.1 Å². The predicted octanol–water partition coefficient (Wildman–Crippen LogP) is 3.07. The molecule has 0 aliphatic heterocycles. The molecule has 0 saturated heterocycles. The number of hydrogen-bond acceptors (Lipinski definition) is 2. The average Bonchev–Trinajstić information content (AvgIpc) is 2.37. The zero-order valence-electron chi connectivity index (χ0n) is 11.6. The molecular weight excluding hydrogens is 241 g/mol. The first-order valence-corrected chi connectivity index (χ1v) is 7.29. The summed E-state index contributed by atoms with van der Waals surface area (Å²) in [5.74, 6) is 0.715. The van der Waals surface area contributed by atoms with Gasteiger partial charge in [0, 0.05) is 12.6 Å². The van der Waals surface area contributed by atoms with Crippen molar-refractivity contribution in [1.29, 1.82) is 0 Å². The van der Waals surface area contributed by atoms with Gasteiger partial charge in [-0.2, -0.15) is 0 Å². The van der Waals surface area contributed by atoms with Gasteiger partial charge >= 0.3 is 0 Å². The van der Waals surface area contributed by atoms with Crippen LogP contribution in [0.15, 0.2) is 24.3 Å². The van der Waals surface area contributed by atoms with E-state index in [1.807, 2.05) is 12.1 Å². The number of aliphatic hydroxyl groups excluding tert-OH is 1. The Morgan fingerprint density at radius 1 is 1.37 bits per heavy atom. The Labute approximate surface area is 115 Å². The zero-order chi connectivity index (χ0) is 13.7. The van der Waals surface area contributed by atoms with Crippen molar-refractivity contribution >= 4 is 0 Å². The van der Waals surface area contributed by atoms with E-state index < -0.39 is 0 Å². The van der Waals surface area contributed by atoms with Crippen LogP contribution in [0.5, 0.6) is 0 Å². The molecule has 0 amide bonds. The predicted molar refractivity (Wildman–Crippen MR) is 75.6 cm³/mol. The quantitative estimate of drug-likeness (QED) is 0.743. The molecule has 106 valence electrons. The van der Waals surface area contributed by atoms with E-state index in [0.29, 0.717) is 17.9 Å². The Hall–Kier alpha value is -0.930. The Morgan fingerprint density at radius 2 is 2.11 bits per heavy atom. The fourth-order valence-electron chi connectivity index (χ4n) is 2.69. The molecule has 2 rings (SSSR count). The van der Waals surface area contributed by atoms with E-state index in [4.69, 9.17) is 5.11 Å². The zero-order valence-corrected chi connectivity index (χ0v) is 11.6. The largest absolute Gasteiger partial charge is 0.396 e. The fraction of sp³-hybridized carbons (Fsp3) is 0.625. The van der Waals surface area contributed by atoms with Crippen LogP contribution in [-0.4, -0.2) is 24.3 Å². The molecule has 0 aromatic heterocycles. The van der Waals surface area contributed by atoms with Gasteiger partial charge in [0.2, 0.25) is 0 Å². The summed E-state index contributed by atoms with van der Waals surface area (Å²) < 4.78 is 13.6. The molecule has 1 atom stereocenters. The molecule has 0 bridgehead atoms. The van der Waals surface area contributed by atoms with Crippen LogP contribution in [0, 0.1) is 11.7 Å². The van der Waals surface area contributed by atoms with E-state index in [-0.39, 0.29) is 12.4 Å². The van der Waals surface area contributed by atoms with Crippen molar-refractivity contribution in [3.8, 4) is 0 Å². The molecule has 1 aromatic carbocycles. The summed E-state index contributed by atoms with van der Waals surface area (Å²) in [7, 11) is 0. The van der Waals surface area contributed by atoms with Gasteiger partial charge in [0.25, 0.3) is 0 Å². The van der Waals surface area contributed by atoms with Crippen molar-refractivity contribution in [2.75, 3.05) is 13.2 Å². The smallest absolute Gasteiger partial charge is 0.126 e. The summed E-state index contributed by atoms with van der Waals surface area (Å²) in [4.78, 5) is 0. The minimum absolute atomic E-state index is 0.0669. The molecule has 1 aliphatic carbocycles. The SMILES string of the molecule is CC(CO)CCCNC1CC(c2ccccc2F)C1. The molecule has 19 heavy (non-hydrogen) atoms. The third-order valence-electron chi connectivity index (χ3n) is 4.10. The fourth-order valence-corrected chi connectivity index (χ4v) is 2.69. The van der Waals surface area contributed by atoms with Gasteiger partial charge in [0.1, 0.15) is 5.82 Å². The van der Waals surface area contributed by atoms with Gasteiger partial charge < -0.3 is 10.4 Å². The highest BCUT2D eigenvalue weighted by Crippen LogP contribution is 2.37. The van der Waals surface area contributed by atoms with Gasteiger partial charge in [-0.3, -0.25) is 0 Å². The summed E-state index contributed by atoms with van der Waals surface area (Å²) in [5, 5.41) is 12.4. The Bertz CT molecular complexity index is 390. The van der Waals surface area contributed by atoms with Crippen LogP contribution in [0.4, 0.5) is 4.39 Å². The molecule has 1 unspecified atom stereocenters. The summed E-state index contributed by atoms with van der Waals surface area (Å²) >= 11 is 0. The molecule has 1 aromatic rings. The first-order valence-electron chi connectivity index (χ1n) is 7.29. The highest BCUT2D eigenvalue weighted by molar-refractivity contribution is 5.24. The maximum absolute atomic E-state index is 13.6. The van der Waals surface area contributed by atoms with Crippen molar-refractivity contribution in [2.45, 2.75) is 44.6 Å². The summed E-state index contributed by atoms with van der Waals surface area (Å²) in [5.41, 5.74) is 0.870. The first-order chi connectivity index (χ1) is 9.20. The number of halogens is 1. The minimum atomic E-state index is -0.0669. The average molecular weight is 265 g/mol. The standard InChI is InChI=1S/C16H24FNO/c1-12(11-19)5-4-8-18-14-9-13(10-14)15-6-2-3-7-16(15)17/h2-3,6-7,12-14,18-19H,4-5,8-11H2,1H3. The molecule has 1 saturated carbocycles. The first kappa shape index (κ1) is 14.5. The van der Waals surface area contributed by atoms with Crippen molar-refractivity contribution in [1.82, 2.24) is 5.32 Å². The molecule has 0 heterocycles. The van der Waals surface area contributed by atoms with Crippen molar-refractivity contribution < 1.29 is 9.50 Å². The maximum Gasteiger partial charge on any atom is 0.126 e. The molecule has 3 heteroatoms. The lowest BCUT2D eigenvalue weighted by Crippen LogP contribution is -2.40. The number of rotatable bonds is 7. The third-order valence-corrected chi connectivity index (χ3v) is 4.10. The highest BCUT2D eigenvalue weighted by Gasteiger charge is 2.31. The van der Waals surface area contributed by atoms with E-state index in [2.05, 4.69) is 12.2 Å². The van der Waals surface area contributed by atoms with Gasteiger partial charge in [-0.15, -0.1) is 0 Å². The molecule has 0 spiro atoms. The maximum atomic E-state index is 13.6. The van der Waals surface area contributed by atoms with Gasteiger partial charge in [0.05, 0.1) is 0 Å². The molecule has 2 nitrogen and oxygen atoms in total. The van der Waals surface area contributed by atoms with Crippen LogP contribution < -0.4 is 5.32 Å². The van der Waals surface area contributed by atoms with E-state index in [0.717, 1.165) is 37.8 Å². The Morgan fingerprint density at radius 3 is 2.79 bits per heavy atom. The number of nitrogens with one attached hydrogen (secondary N) is 1. The van der Waals surface area contributed by atoms with Crippen LogP contribution in [0.25, 0.3) is 0 Å². The van der Waals surface area contributed by atoms with E-state index >= 15 is 0 Å². The lowest BCUT2D eigenvalue weighted by atomic mass is 9.75. The van der Waals surface area contributed by atoms with Crippen LogP contribution in [-0.2, 0) is 0 Å². The normalized spacial score (nSPS) is 23.9. The van der Waals surface area contributed by atoms with Gasteiger partial charge in [-0.25, -0.2) is 4.39 Å². The highest BCUT2D eigenvalue weighted by atomic mass is 19.1. The van der Waals surface area contributed by atoms with Crippen molar-refractivity contribution in [2.24, 2.45) is 5.92 Å². The lowest BCUT2D eigenvalue weighted by molar-refractivity contribution is 0.225. The van der Waals surface area contributed by atoms with Crippen LogP contribution in [0.1, 0.15) is 44.1 Å². The van der Waals surface area contributed by atoms with Crippen molar-refractivity contribution in [3.63, 3.8) is 0 Å². The second-order valence-electron chi connectivity index (χ2n) is 5.77. The van der Waals surface area contributed by atoms with Gasteiger partial charge in [-0.05, 0) is 55.7 Å². The van der Waals surface area contributed by atoms with E-state index in [9.17, 15) is 4.39 Å². The second kappa shape index (κ2) is 7.01. The molecule has 0 radical (unpaired) electrons. The summed E-state index contributed by atoms with van der Waals surface area (Å²) in [6.07, 6.45) is 4.24. The number of aliphatic hydroxyl groups is 1. The van der Waals surface area contributed by atoms with Crippen LogP contribution in [0.2, 0.25) is 0 Å². The molecular formula is C16H24FNO. The summed E-state index contributed by atoms with van der Waals surface area (Å²) in [6.45, 7) is 3.34. The lowest BCUT2D eigenvalue weighted by Gasteiger charge is -2.36. The summed E-state index contributed by atoms with van der Waals surface area (Å²) in [6, 6.07) is 7.64. The Kier molecular flexibility index (Phi) is 5.34. The van der Waals surface area contributed by atoms with Crippen LogP contribution >= 0.6 is 0 Å². The monoisotopic (exact) mass is 265 g/mol. The van der Waals surface area contributed by atoms with E-state index in [1.54, 1.807) is 12.1 Å². The second-order valence-corrected chi connectivity index (χ2v) is 5.77. The Balaban J connectivity index is 1.63. The topological polar surface area (TPSA) is 32.3 Å². The van der Waals surface area contributed by atoms with Gasteiger partial charge in [0.15, 0.2) is 0 Å². The van der Waals surface area contributed by atoms with Crippen LogP contribution in [0.3, 0.4) is 0 Å². The molecule has 1 aliphatic rings. The van der Waals surface area contributed by atoms with E-state index in [1.165, 1.54) is 0 Å². The third kappa shape index (κ3) is 4.02. The molecule has 2 N–H and O–H groups in total. The molecule has 1 fully saturated rings. The minimum Gasteiger partial charge on any atom is -0.396 e. The van der Waals surface area contributed by atoms with Crippen molar-refractivity contribution in [3.05, 3.63) is 35.6 Å². The number of benzene rings is 1.